The van der Waals surface area contributed by atoms with Crippen LogP contribution in [0.1, 0.15) is 22.5 Å². The molecule has 0 unspecified atom stereocenters. The number of thiazole rings is 1. The van der Waals surface area contributed by atoms with E-state index in [2.05, 4.69) is 20.4 Å². The normalized spacial score (nSPS) is 14.2. The Balaban J connectivity index is 1.79. The minimum absolute atomic E-state index is 0.0534. The van der Waals surface area contributed by atoms with Gasteiger partial charge in [-0.15, -0.1) is 0 Å². The number of rotatable bonds is 5. The summed E-state index contributed by atoms with van der Waals surface area (Å²) in [6.45, 7) is 0.171. The monoisotopic (exact) mass is 255 g/mol. The maximum absolute atomic E-state index is 11.4. The van der Waals surface area contributed by atoms with Crippen molar-refractivity contribution in [3.8, 4) is 0 Å². The Kier molecular flexibility index (Phi) is 3.58. The molecule has 1 heterocycles. The van der Waals surface area contributed by atoms with Gasteiger partial charge in [-0.05, 0) is 12.8 Å². The van der Waals surface area contributed by atoms with E-state index in [9.17, 15) is 9.59 Å². The number of hydrogen-bond donors (Lipinski definition) is 2. The van der Waals surface area contributed by atoms with E-state index in [-0.39, 0.29) is 12.5 Å². The zero-order valence-corrected chi connectivity index (χ0v) is 10.2. The Labute approximate surface area is 102 Å². The van der Waals surface area contributed by atoms with Gasteiger partial charge in [-0.2, -0.15) is 0 Å². The van der Waals surface area contributed by atoms with Crippen LogP contribution in [0.4, 0.5) is 5.13 Å². The highest BCUT2D eigenvalue weighted by Gasteiger charge is 2.23. The Morgan fingerprint density at radius 2 is 2.35 bits per heavy atom. The van der Waals surface area contributed by atoms with Crippen LogP contribution in [-0.4, -0.2) is 36.6 Å². The fourth-order valence-electron chi connectivity index (χ4n) is 1.21. The third-order valence-electron chi connectivity index (χ3n) is 2.23. The van der Waals surface area contributed by atoms with Crippen LogP contribution in [0.3, 0.4) is 0 Å². The molecule has 0 radical (unpaired) electrons. The second kappa shape index (κ2) is 5.13. The van der Waals surface area contributed by atoms with Crippen molar-refractivity contribution < 1.29 is 14.3 Å². The first-order chi connectivity index (χ1) is 8.19. The molecule has 2 rings (SSSR count). The smallest absolute Gasteiger partial charge is 0.349 e. The molecular formula is C10H13N3O3S. The fraction of sp³-hybridized carbons (Fsp3) is 0.500. The summed E-state index contributed by atoms with van der Waals surface area (Å²) in [5.74, 6) is -0.472. The number of methoxy groups -OCH3 is 1. The highest BCUT2D eigenvalue weighted by atomic mass is 32.1. The van der Waals surface area contributed by atoms with Gasteiger partial charge in [0.1, 0.15) is 4.88 Å². The summed E-state index contributed by atoms with van der Waals surface area (Å²) in [5, 5.41) is 6.25. The van der Waals surface area contributed by atoms with Crippen LogP contribution in [0.15, 0.2) is 6.20 Å². The molecular weight excluding hydrogens is 242 g/mol. The summed E-state index contributed by atoms with van der Waals surface area (Å²) in [4.78, 5) is 26.9. The van der Waals surface area contributed by atoms with Gasteiger partial charge >= 0.3 is 5.97 Å². The predicted octanol–water partition coefficient (Wildman–Crippen LogP) is 0.620. The second-order valence-corrected chi connectivity index (χ2v) is 4.75. The minimum atomic E-state index is -0.419. The van der Waals surface area contributed by atoms with Crippen molar-refractivity contribution in [1.29, 1.82) is 0 Å². The number of nitrogens with one attached hydrogen (secondary N) is 2. The summed E-state index contributed by atoms with van der Waals surface area (Å²) < 4.78 is 4.56. The van der Waals surface area contributed by atoms with E-state index in [0.717, 1.165) is 12.8 Å². The predicted molar refractivity (Wildman–Crippen MR) is 63.1 cm³/mol. The lowest BCUT2D eigenvalue weighted by atomic mass is 10.5. The van der Waals surface area contributed by atoms with Gasteiger partial charge in [0.05, 0.1) is 19.9 Å². The molecule has 0 atom stereocenters. The SMILES string of the molecule is COC(=O)c1cnc(NCC(=O)NC2CC2)s1. The van der Waals surface area contributed by atoms with Gasteiger partial charge in [0.15, 0.2) is 5.13 Å². The van der Waals surface area contributed by atoms with E-state index in [1.54, 1.807) is 0 Å². The van der Waals surface area contributed by atoms with Crippen molar-refractivity contribution in [2.24, 2.45) is 0 Å². The number of hydrogen-bond acceptors (Lipinski definition) is 6. The molecule has 2 N–H and O–H groups in total. The average Bonchev–Trinajstić information content (AvgIpc) is 3.00. The molecule has 0 bridgehead atoms. The summed E-state index contributed by atoms with van der Waals surface area (Å²) >= 11 is 1.17. The van der Waals surface area contributed by atoms with Gasteiger partial charge in [0, 0.05) is 6.04 Å². The highest BCUT2D eigenvalue weighted by molar-refractivity contribution is 7.17. The van der Waals surface area contributed by atoms with Crippen LogP contribution in [0, 0.1) is 0 Å². The number of carbonyl (C=O) groups is 2. The van der Waals surface area contributed by atoms with E-state index < -0.39 is 5.97 Å². The molecule has 1 saturated carbocycles. The van der Waals surface area contributed by atoms with Crippen LogP contribution in [0.5, 0.6) is 0 Å². The van der Waals surface area contributed by atoms with Crippen LogP contribution in [0.25, 0.3) is 0 Å². The summed E-state index contributed by atoms with van der Waals surface area (Å²) in [6, 6.07) is 0.353. The number of ether oxygens (including phenoxy) is 1. The molecule has 1 fully saturated rings. The molecule has 92 valence electrons. The summed E-state index contributed by atoms with van der Waals surface area (Å²) in [5.41, 5.74) is 0. The molecule has 1 amide bonds. The lowest BCUT2D eigenvalue weighted by molar-refractivity contribution is -0.119. The van der Waals surface area contributed by atoms with Crippen molar-refractivity contribution in [3.05, 3.63) is 11.1 Å². The second-order valence-electron chi connectivity index (χ2n) is 3.72. The quantitative estimate of drug-likeness (QED) is 0.754. The number of amides is 1. The van der Waals surface area contributed by atoms with Gasteiger partial charge < -0.3 is 15.4 Å². The average molecular weight is 255 g/mol. The number of aromatic nitrogens is 1. The first-order valence-electron chi connectivity index (χ1n) is 5.26. The van der Waals surface area contributed by atoms with Gasteiger partial charge in [-0.1, -0.05) is 11.3 Å². The van der Waals surface area contributed by atoms with E-state index in [1.165, 1.54) is 24.6 Å². The standard InChI is InChI=1S/C10H13N3O3S/c1-16-9(15)7-4-11-10(17-7)12-5-8(14)13-6-2-3-6/h4,6H,2-3,5H2,1H3,(H,11,12)(H,13,14). The van der Waals surface area contributed by atoms with Gasteiger partial charge in [0.2, 0.25) is 5.91 Å². The Hall–Kier alpha value is -1.63. The van der Waals surface area contributed by atoms with E-state index >= 15 is 0 Å². The Morgan fingerprint density at radius 1 is 1.59 bits per heavy atom. The first kappa shape index (κ1) is 11.8. The Bertz CT molecular complexity index is 428. The van der Waals surface area contributed by atoms with Crippen LogP contribution in [-0.2, 0) is 9.53 Å². The molecule has 0 spiro atoms. The summed E-state index contributed by atoms with van der Waals surface area (Å²) in [6.07, 6.45) is 3.56. The molecule has 0 aromatic carbocycles. The van der Waals surface area contributed by atoms with Gasteiger partial charge in [-0.25, -0.2) is 9.78 Å². The Morgan fingerprint density at radius 3 is 3.00 bits per heavy atom. The fourth-order valence-corrected chi connectivity index (χ4v) is 1.94. The molecule has 7 heteroatoms. The van der Waals surface area contributed by atoms with Crippen molar-refractivity contribution in [1.82, 2.24) is 10.3 Å². The maximum Gasteiger partial charge on any atom is 0.349 e. The number of nitrogens with zero attached hydrogens (tertiary/aromatic N) is 1. The van der Waals surface area contributed by atoms with Crippen molar-refractivity contribution in [2.45, 2.75) is 18.9 Å². The molecule has 17 heavy (non-hydrogen) atoms. The van der Waals surface area contributed by atoms with Gasteiger partial charge in [-0.3, -0.25) is 4.79 Å². The topological polar surface area (TPSA) is 80.3 Å². The number of anilines is 1. The maximum atomic E-state index is 11.4. The molecule has 0 aliphatic heterocycles. The van der Waals surface area contributed by atoms with Crippen LogP contribution < -0.4 is 10.6 Å². The zero-order valence-electron chi connectivity index (χ0n) is 9.36. The lowest BCUT2D eigenvalue weighted by Gasteiger charge is -2.03. The number of carbonyl (C=O) groups excluding carboxylic acids is 2. The highest BCUT2D eigenvalue weighted by Crippen LogP contribution is 2.19. The molecule has 0 saturated heterocycles. The molecule has 6 nitrogen and oxygen atoms in total. The van der Waals surface area contributed by atoms with E-state index in [1.807, 2.05) is 0 Å². The van der Waals surface area contributed by atoms with Crippen molar-refractivity contribution in [2.75, 3.05) is 19.0 Å². The van der Waals surface area contributed by atoms with E-state index in [0.29, 0.717) is 16.1 Å². The third kappa shape index (κ3) is 3.42. The zero-order chi connectivity index (χ0) is 12.3. The van der Waals surface area contributed by atoms with Gasteiger partial charge in [0.25, 0.3) is 0 Å². The molecule has 1 aliphatic carbocycles. The summed E-state index contributed by atoms with van der Waals surface area (Å²) in [7, 11) is 1.32. The van der Waals surface area contributed by atoms with Crippen LogP contribution in [0.2, 0.25) is 0 Å². The lowest BCUT2D eigenvalue weighted by Crippen LogP contribution is -2.31. The largest absolute Gasteiger partial charge is 0.465 e. The number of esters is 1. The molecule has 1 aromatic heterocycles. The van der Waals surface area contributed by atoms with Crippen molar-refractivity contribution >= 4 is 28.3 Å². The third-order valence-corrected chi connectivity index (χ3v) is 3.17. The van der Waals surface area contributed by atoms with Crippen LogP contribution >= 0.6 is 11.3 Å². The van der Waals surface area contributed by atoms with E-state index in [4.69, 9.17) is 0 Å². The first-order valence-corrected chi connectivity index (χ1v) is 6.08. The molecule has 1 aromatic rings. The minimum Gasteiger partial charge on any atom is -0.465 e. The molecule has 1 aliphatic rings. The van der Waals surface area contributed by atoms with Crippen molar-refractivity contribution in [3.63, 3.8) is 0 Å².